The van der Waals surface area contributed by atoms with E-state index in [1.54, 1.807) is 6.92 Å². The molecule has 74 valence electrons. The van der Waals surface area contributed by atoms with Crippen LogP contribution in [0.4, 0.5) is 0 Å². The second-order valence-corrected chi connectivity index (χ2v) is 3.06. The Bertz CT molecular complexity index is 399. The monoisotopic (exact) mass is 192 g/mol. The summed E-state index contributed by atoms with van der Waals surface area (Å²) in [6.45, 7) is 5.39. The van der Waals surface area contributed by atoms with E-state index in [2.05, 4.69) is 5.32 Å². The Hall–Kier alpha value is -1.76. The average molecular weight is 192 g/mol. The molecule has 0 atom stereocenters. The van der Waals surface area contributed by atoms with Gasteiger partial charge in [0.15, 0.2) is 0 Å². The van der Waals surface area contributed by atoms with Gasteiger partial charge < -0.3 is 9.73 Å². The van der Waals surface area contributed by atoms with E-state index in [1.807, 2.05) is 19.9 Å². The second kappa shape index (κ2) is 3.97. The predicted molar refractivity (Wildman–Crippen MR) is 50.9 cm³/mol. The molecule has 1 aromatic heterocycles. The van der Waals surface area contributed by atoms with Crippen LogP contribution in [-0.4, -0.2) is 12.5 Å². The van der Waals surface area contributed by atoms with Gasteiger partial charge in [0.25, 0.3) is 5.91 Å². The Morgan fingerprint density at radius 3 is 2.50 bits per heavy atom. The molecule has 0 unspecified atom stereocenters. The topological polar surface area (TPSA) is 66.0 Å². The van der Waals surface area contributed by atoms with Crippen LogP contribution in [0.3, 0.4) is 0 Å². The molecule has 0 aliphatic carbocycles. The van der Waals surface area contributed by atoms with E-state index in [9.17, 15) is 4.79 Å². The molecule has 0 radical (unpaired) electrons. The molecule has 0 aromatic carbocycles. The van der Waals surface area contributed by atoms with Crippen molar-refractivity contribution in [3.8, 4) is 6.07 Å². The van der Waals surface area contributed by atoms with Crippen molar-refractivity contribution in [3.05, 3.63) is 22.6 Å². The van der Waals surface area contributed by atoms with Crippen LogP contribution < -0.4 is 5.32 Å². The Morgan fingerprint density at radius 1 is 1.43 bits per heavy atom. The zero-order chi connectivity index (χ0) is 10.7. The first kappa shape index (κ1) is 10.3. The Morgan fingerprint density at radius 2 is 2.07 bits per heavy atom. The number of furan rings is 1. The highest BCUT2D eigenvalue weighted by molar-refractivity contribution is 5.96. The molecule has 4 heteroatoms. The highest BCUT2D eigenvalue weighted by Crippen LogP contribution is 2.20. The van der Waals surface area contributed by atoms with Crippen molar-refractivity contribution in [1.82, 2.24) is 5.32 Å². The Labute approximate surface area is 82.5 Å². The third kappa shape index (κ3) is 1.77. The van der Waals surface area contributed by atoms with Crippen LogP contribution in [0.2, 0.25) is 0 Å². The fourth-order valence-electron chi connectivity index (χ4n) is 1.34. The van der Waals surface area contributed by atoms with E-state index in [-0.39, 0.29) is 12.5 Å². The minimum absolute atomic E-state index is 0.0158. The molecule has 0 bridgehead atoms. The van der Waals surface area contributed by atoms with Crippen LogP contribution in [0.1, 0.15) is 27.4 Å². The van der Waals surface area contributed by atoms with Crippen molar-refractivity contribution < 1.29 is 9.21 Å². The van der Waals surface area contributed by atoms with Gasteiger partial charge in [-0.3, -0.25) is 4.79 Å². The summed E-state index contributed by atoms with van der Waals surface area (Å²) in [5, 5.41) is 10.8. The molecule has 0 aliphatic heterocycles. The van der Waals surface area contributed by atoms with E-state index in [1.165, 1.54) is 0 Å². The van der Waals surface area contributed by atoms with Crippen molar-refractivity contribution in [2.75, 3.05) is 6.54 Å². The fourth-order valence-corrected chi connectivity index (χ4v) is 1.34. The van der Waals surface area contributed by atoms with Crippen LogP contribution in [0.5, 0.6) is 0 Å². The molecule has 0 aliphatic rings. The summed E-state index contributed by atoms with van der Waals surface area (Å²) in [5.41, 5.74) is 1.37. The molecule has 1 heterocycles. The average Bonchev–Trinajstić information content (AvgIpc) is 2.38. The molecule has 4 nitrogen and oxygen atoms in total. The molecule has 1 N–H and O–H groups in total. The number of nitrogens with zero attached hydrogens (tertiary/aromatic N) is 1. The molecule has 0 fully saturated rings. The molecule has 0 saturated heterocycles. The third-order valence-electron chi connectivity index (χ3n) is 2.12. The number of aryl methyl sites for hydroxylation is 2. The van der Waals surface area contributed by atoms with Gasteiger partial charge in [0, 0.05) is 5.56 Å². The van der Waals surface area contributed by atoms with E-state index in [0.29, 0.717) is 11.3 Å². The van der Waals surface area contributed by atoms with Crippen LogP contribution in [0.15, 0.2) is 4.42 Å². The normalized spacial score (nSPS) is 9.57. The summed E-state index contributed by atoms with van der Waals surface area (Å²) in [6, 6.07) is 1.85. The lowest BCUT2D eigenvalue weighted by Crippen LogP contribution is -2.24. The third-order valence-corrected chi connectivity index (χ3v) is 2.12. The number of carbonyl (C=O) groups excluding carboxylic acids is 1. The van der Waals surface area contributed by atoms with Gasteiger partial charge in [-0.05, 0) is 20.8 Å². The van der Waals surface area contributed by atoms with Crippen molar-refractivity contribution >= 4 is 5.91 Å². The minimum atomic E-state index is -0.251. The molecular formula is C10H12N2O2. The number of nitrogens with one attached hydrogen (secondary N) is 1. The van der Waals surface area contributed by atoms with Gasteiger partial charge in [-0.1, -0.05) is 0 Å². The minimum Gasteiger partial charge on any atom is -0.466 e. The first-order chi connectivity index (χ1) is 6.57. The molecular weight excluding hydrogens is 180 g/mol. The van der Waals surface area contributed by atoms with Crippen molar-refractivity contribution in [1.29, 1.82) is 5.26 Å². The van der Waals surface area contributed by atoms with Crippen LogP contribution in [0.25, 0.3) is 0 Å². The highest BCUT2D eigenvalue weighted by Gasteiger charge is 2.17. The quantitative estimate of drug-likeness (QED) is 0.721. The van der Waals surface area contributed by atoms with Crippen molar-refractivity contribution in [3.63, 3.8) is 0 Å². The number of amides is 1. The molecule has 1 aromatic rings. The number of rotatable bonds is 2. The lowest BCUT2D eigenvalue weighted by molar-refractivity contribution is 0.0956. The molecule has 0 saturated carbocycles. The smallest absolute Gasteiger partial charge is 0.255 e. The number of nitriles is 1. The first-order valence-corrected chi connectivity index (χ1v) is 4.29. The summed E-state index contributed by atoms with van der Waals surface area (Å²) in [7, 11) is 0. The number of hydrogen-bond acceptors (Lipinski definition) is 3. The Balaban J connectivity index is 2.96. The maximum atomic E-state index is 11.5. The zero-order valence-electron chi connectivity index (χ0n) is 8.47. The van der Waals surface area contributed by atoms with E-state index < -0.39 is 0 Å². The van der Waals surface area contributed by atoms with Crippen molar-refractivity contribution in [2.24, 2.45) is 0 Å². The largest absolute Gasteiger partial charge is 0.466 e. The standard InChI is InChI=1S/C10H12N2O2/c1-6-7(2)14-8(3)9(6)10(13)12-5-4-11/h5H2,1-3H3,(H,12,13). The van der Waals surface area contributed by atoms with Gasteiger partial charge in [0.1, 0.15) is 18.1 Å². The van der Waals surface area contributed by atoms with Gasteiger partial charge in [0.2, 0.25) is 0 Å². The fraction of sp³-hybridized carbons (Fsp3) is 0.400. The second-order valence-electron chi connectivity index (χ2n) is 3.06. The summed E-state index contributed by atoms with van der Waals surface area (Å²) in [4.78, 5) is 11.5. The van der Waals surface area contributed by atoms with Crippen LogP contribution >= 0.6 is 0 Å². The van der Waals surface area contributed by atoms with E-state index in [4.69, 9.17) is 9.68 Å². The van der Waals surface area contributed by atoms with Crippen molar-refractivity contribution in [2.45, 2.75) is 20.8 Å². The lowest BCUT2D eigenvalue weighted by atomic mass is 10.1. The Kier molecular flexibility index (Phi) is 2.92. The van der Waals surface area contributed by atoms with Gasteiger partial charge in [-0.2, -0.15) is 5.26 Å². The number of carbonyl (C=O) groups is 1. The van der Waals surface area contributed by atoms with Crippen LogP contribution in [-0.2, 0) is 0 Å². The zero-order valence-corrected chi connectivity index (χ0v) is 8.47. The molecule has 1 rings (SSSR count). The van der Waals surface area contributed by atoms with Crippen LogP contribution in [0, 0.1) is 32.1 Å². The van der Waals surface area contributed by atoms with E-state index >= 15 is 0 Å². The van der Waals surface area contributed by atoms with Gasteiger partial charge >= 0.3 is 0 Å². The summed E-state index contributed by atoms with van der Waals surface area (Å²) < 4.78 is 5.30. The summed E-state index contributed by atoms with van der Waals surface area (Å²) in [5.74, 6) is 1.08. The van der Waals surface area contributed by atoms with E-state index in [0.717, 1.165) is 11.3 Å². The molecule has 0 spiro atoms. The SMILES string of the molecule is Cc1oc(C)c(C(=O)NCC#N)c1C. The van der Waals surface area contributed by atoms with Gasteiger partial charge in [-0.15, -0.1) is 0 Å². The molecule has 14 heavy (non-hydrogen) atoms. The molecule has 1 amide bonds. The summed E-state index contributed by atoms with van der Waals surface area (Å²) >= 11 is 0. The summed E-state index contributed by atoms with van der Waals surface area (Å²) in [6.07, 6.45) is 0. The highest BCUT2D eigenvalue weighted by atomic mass is 16.3. The predicted octanol–water partition coefficient (Wildman–Crippen LogP) is 1.46. The van der Waals surface area contributed by atoms with Gasteiger partial charge in [0.05, 0.1) is 11.6 Å². The van der Waals surface area contributed by atoms with Gasteiger partial charge in [-0.25, -0.2) is 0 Å². The lowest BCUT2D eigenvalue weighted by Gasteiger charge is -1.99. The maximum absolute atomic E-state index is 11.5. The maximum Gasteiger partial charge on any atom is 0.255 e. The first-order valence-electron chi connectivity index (χ1n) is 4.29. The number of hydrogen-bond donors (Lipinski definition) is 1.